The highest BCUT2D eigenvalue weighted by molar-refractivity contribution is 5.67. The first kappa shape index (κ1) is 20.1. The van der Waals surface area contributed by atoms with Gasteiger partial charge in [0.1, 0.15) is 34.5 Å². The van der Waals surface area contributed by atoms with Gasteiger partial charge in [0.15, 0.2) is 0 Å². The molecule has 0 amide bonds. The summed E-state index contributed by atoms with van der Waals surface area (Å²) in [6, 6.07) is 18.0. The van der Waals surface area contributed by atoms with E-state index in [4.69, 9.17) is 14.2 Å². The molecule has 0 N–H and O–H groups in total. The van der Waals surface area contributed by atoms with E-state index in [1.54, 1.807) is 18.5 Å². The zero-order chi connectivity index (χ0) is 21.9. The Balaban J connectivity index is 1.19. The first-order chi connectivity index (χ1) is 15.7. The molecule has 0 bridgehead atoms. The summed E-state index contributed by atoms with van der Waals surface area (Å²) in [6.07, 6.45) is 6.57. The van der Waals surface area contributed by atoms with Crippen molar-refractivity contribution in [1.82, 2.24) is 9.38 Å². The van der Waals surface area contributed by atoms with Crippen molar-refractivity contribution in [2.75, 3.05) is 13.2 Å². The fraction of sp³-hybridized carbons (Fsp3) is 0.192. The van der Waals surface area contributed by atoms with Gasteiger partial charge in [-0.15, -0.1) is 0 Å². The van der Waals surface area contributed by atoms with Gasteiger partial charge in [0.2, 0.25) is 0 Å². The Morgan fingerprint density at radius 2 is 1.78 bits per heavy atom. The van der Waals surface area contributed by atoms with Crippen molar-refractivity contribution in [3.63, 3.8) is 0 Å². The second-order valence-electron chi connectivity index (χ2n) is 7.74. The Labute approximate surface area is 185 Å². The van der Waals surface area contributed by atoms with Gasteiger partial charge < -0.3 is 18.6 Å². The molecule has 1 unspecified atom stereocenters. The van der Waals surface area contributed by atoms with Crippen LogP contribution in [0.5, 0.6) is 17.2 Å². The molecule has 1 aliphatic rings. The number of ether oxygens (including phenoxy) is 3. The lowest BCUT2D eigenvalue weighted by Crippen LogP contribution is -2.09. The molecule has 0 saturated heterocycles. The maximum Gasteiger partial charge on any atom is 0.149 e. The standard InChI is InChI=1S/C26H23FN2O3/c1-18-14-26(24-15-20-4-2-11-29(20)17-28-24)32-25-10-9-22(16-23(18)25)31-13-3-12-30-21-7-5-19(27)6-8-21/h2,4-11,14-18H,3,12-13H2,1H3. The smallest absolute Gasteiger partial charge is 0.149 e. The number of allylic oxidation sites excluding steroid dienone is 1. The molecular weight excluding hydrogens is 407 g/mol. The molecule has 0 fully saturated rings. The van der Waals surface area contributed by atoms with Crippen LogP contribution >= 0.6 is 0 Å². The lowest BCUT2D eigenvalue weighted by molar-refractivity contribution is 0.247. The highest BCUT2D eigenvalue weighted by atomic mass is 19.1. The molecular formula is C26H23FN2O3. The molecule has 6 heteroatoms. The summed E-state index contributed by atoms with van der Waals surface area (Å²) >= 11 is 0. The minimum Gasteiger partial charge on any atom is -0.493 e. The number of nitrogens with zero attached hydrogens (tertiary/aromatic N) is 2. The zero-order valence-electron chi connectivity index (χ0n) is 17.7. The maximum absolute atomic E-state index is 12.9. The Bertz CT molecular complexity index is 1260. The lowest BCUT2D eigenvalue weighted by Gasteiger charge is -2.23. The van der Waals surface area contributed by atoms with Gasteiger partial charge in [0, 0.05) is 29.6 Å². The van der Waals surface area contributed by atoms with Crippen LogP contribution in [0.4, 0.5) is 4.39 Å². The van der Waals surface area contributed by atoms with E-state index in [1.807, 2.05) is 47.0 Å². The third-order valence-electron chi connectivity index (χ3n) is 5.40. The molecule has 0 spiro atoms. The van der Waals surface area contributed by atoms with Gasteiger partial charge >= 0.3 is 0 Å². The van der Waals surface area contributed by atoms with Crippen molar-refractivity contribution < 1.29 is 18.6 Å². The molecule has 5 rings (SSSR count). The Morgan fingerprint density at radius 1 is 1.00 bits per heavy atom. The molecule has 3 heterocycles. The number of aromatic nitrogens is 2. The Kier molecular flexibility index (Phi) is 5.50. The quantitative estimate of drug-likeness (QED) is 0.345. The van der Waals surface area contributed by atoms with Crippen LogP contribution in [0.1, 0.15) is 30.5 Å². The maximum atomic E-state index is 12.9. The van der Waals surface area contributed by atoms with Crippen molar-refractivity contribution in [1.29, 1.82) is 0 Å². The topological polar surface area (TPSA) is 45.0 Å². The highest BCUT2D eigenvalue weighted by Gasteiger charge is 2.21. The fourth-order valence-electron chi connectivity index (χ4n) is 3.71. The minimum absolute atomic E-state index is 0.170. The van der Waals surface area contributed by atoms with E-state index in [9.17, 15) is 4.39 Å². The Morgan fingerprint density at radius 3 is 2.62 bits per heavy atom. The molecule has 2 aromatic heterocycles. The summed E-state index contributed by atoms with van der Waals surface area (Å²) in [6.45, 7) is 3.16. The average Bonchev–Trinajstić information content (AvgIpc) is 3.28. The van der Waals surface area contributed by atoms with E-state index in [2.05, 4.69) is 18.0 Å². The normalized spacial score (nSPS) is 15.1. The Hall–Kier alpha value is -3.80. The van der Waals surface area contributed by atoms with Crippen molar-refractivity contribution in [2.45, 2.75) is 19.3 Å². The van der Waals surface area contributed by atoms with Gasteiger partial charge in [-0.2, -0.15) is 0 Å². The number of halogens is 1. The number of benzene rings is 2. The molecule has 32 heavy (non-hydrogen) atoms. The van der Waals surface area contributed by atoms with Gasteiger partial charge in [0.05, 0.1) is 19.5 Å². The van der Waals surface area contributed by atoms with Gasteiger partial charge in [0.25, 0.3) is 0 Å². The van der Waals surface area contributed by atoms with Crippen LogP contribution in [0, 0.1) is 5.82 Å². The average molecular weight is 430 g/mol. The summed E-state index contributed by atoms with van der Waals surface area (Å²) in [5, 5.41) is 0. The van der Waals surface area contributed by atoms with Gasteiger partial charge in [-0.1, -0.05) is 6.92 Å². The van der Waals surface area contributed by atoms with Crippen LogP contribution in [0.25, 0.3) is 11.3 Å². The van der Waals surface area contributed by atoms with Crippen LogP contribution in [0.3, 0.4) is 0 Å². The molecule has 1 aliphatic heterocycles. The molecule has 2 aromatic carbocycles. The molecule has 0 saturated carbocycles. The molecule has 162 valence electrons. The second kappa shape index (κ2) is 8.75. The number of hydrogen-bond donors (Lipinski definition) is 0. The molecule has 4 aromatic rings. The monoisotopic (exact) mass is 430 g/mol. The van der Waals surface area contributed by atoms with Crippen molar-refractivity contribution in [3.8, 4) is 17.2 Å². The predicted octanol–water partition coefficient (Wildman–Crippen LogP) is 5.86. The minimum atomic E-state index is -0.272. The van der Waals surface area contributed by atoms with Crippen molar-refractivity contribution in [3.05, 3.63) is 96.3 Å². The van der Waals surface area contributed by atoms with E-state index in [0.29, 0.717) is 19.0 Å². The zero-order valence-corrected chi connectivity index (χ0v) is 17.7. The number of hydrogen-bond acceptors (Lipinski definition) is 4. The van der Waals surface area contributed by atoms with Crippen LogP contribution < -0.4 is 14.2 Å². The van der Waals surface area contributed by atoms with E-state index >= 15 is 0 Å². The largest absolute Gasteiger partial charge is 0.493 e. The fourth-order valence-corrected chi connectivity index (χ4v) is 3.71. The number of rotatable bonds is 7. The predicted molar refractivity (Wildman–Crippen MR) is 121 cm³/mol. The summed E-state index contributed by atoms with van der Waals surface area (Å²) in [4.78, 5) is 4.53. The van der Waals surface area contributed by atoms with E-state index in [1.165, 1.54) is 12.1 Å². The summed E-state index contributed by atoms with van der Waals surface area (Å²) < 4.78 is 32.5. The lowest BCUT2D eigenvalue weighted by atomic mass is 9.96. The first-order valence-electron chi connectivity index (χ1n) is 10.6. The molecule has 5 nitrogen and oxygen atoms in total. The van der Waals surface area contributed by atoms with E-state index in [-0.39, 0.29) is 11.7 Å². The van der Waals surface area contributed by atoms with Crippen LogP contribution in [-0.2, 0) is 0 Å². The third-order valence-corrected chi connectivity index (χ3v) is 5.40. The highest BCUT2D eigenvalue weighted by Crippen LogP contribution is 2.39. The van der Waals surface area contributed by atoms with Crippen LogP contribution in [-0.4, -0.2) is 22.6 Å². The summed E-state index contributed by atoms with van der Waals surface area (Å²) in [7, 11) is 0. The van der Waals surface area contributed by atoms with Gasteiger partial charge in [-0.3, -0.25) is 0 Å². The van der Waals surface area contributed by atoms with E-state index in [0.717, 1.165) is 40.5 Å². The SMILES string of the molecule is CC1C=C(c2cc3cccn3cn2)Oc2ccc(OCCCOc3ccc(F)cc3)cc21. The van der Waals surface area contributed by atoms with Gasteiger partial charge in [-0.25, -0.2) is 9.37 Å². The van der Waals surface area contributed by atoms with Crippen LogP contribution in [0.15, 0.2) is 79.3 Å². The molecule has 1 atom stereocenters. The van der Waals surface area contributed by atoms with Crippen LogP contribution in [0.2, 0.25) is 0 Å². The molecule has 0 radical (unpaired) electrons. The van der Waals surface area contributed by atoms with E-state index < -0.39 is 0 Å². The summed E-state index contributed by atoms with van der Waals surface area (Å²) in [5.74, 6) is 2.93. The first-order valence-corrected chi connectivity index (χ1v) is 10.6. The van der Waals surface area contributed by atoms with Crippen molar-refractivity contribution in [2.24, 2.45) is 0 Å². The van der Waals surface area contributed by atoms with Gasteiger partial charge in [-0.05, 0) is 66.7 Å². The van der Waals surface area contributed by atoms with Crippen molar-refractivity contribution >= 4 is 11.3 Å². The third kappa shape index (κ3) is 4.30. The summed E-state index contributed by atoms with van der Waals surface area (Å²) in [5.41, 5.74) is 2.97. The molecule has 0 aliphatic carbocycles. The second-order valence-corrected chi connectivity index (χ2v) is 7.74. The number of fused-ring (bicyclic) bond motifs is 2.